The van der Waals surface area contributed by atoms with Crippen LogP contribution in [0.2, 0.25) is 0 Å². The van der Waals surface area contributed by atoms with Crippen molar-refractivity contribution < 1.29 is 15.1 Å². The number of aromatic nitrogens is 1. The number of aliphatic hydroxyl groups excluding tert-OH is 1. The predicted octanol–water partition coefficient (Wildman–Crippen LogP) is -0.144. The second kappa shape index (κ2) is 5.16. The highest BCUT2D eigenvalue weighted by Crippen LogP contribution is 2.15. The fourth-order valence-electron chi connectivity index (χ4n) is 1.03. The third-order valence-electron chi connectivity index (χ3n) is 1.71. The highest BCUT2D eigenvalue weighted by atomic mass is 16.5. The van der Waals surface area contributed by atoms with Crippen molar-refractivity contribution in [2.75, 3.05) is 13.2 Å². The zero-order chi connectivity index (χ0) is 11.3. The Morgan fingerprint density at radius 1 is 1.60 bits per heavy atom. The summed E-state index contributed by atoms with van der Waals surface area (Å²) >= 11 is 0. The number of rotatable bonds is 4. The van der Waals surface area contributed by atoms with Crippen molar-refractivity contribution in [1.29, 1.82) is 0 Å². The molecule has 15 heavy (non-hydrogen) atoms. The summed E-state index contributed by atoms with van der Waals surface area (Å²) in [7, 11) is 0. The molecule has 1 aromatic rings. The summed E-state index contributed by atoms with van der Waals surface area (Å²) in [6.45, 7) is 1.79. The Morgan fingerprint density at radius 2 is 2.33 bits per heavy atom. The van der Waals surface area contributed by atoms with E-state index in [0.29, 0.717) is 5.56 Å². The average Bonchev–Trinajstić information content (AvgIpc) is 2.25. The van der Waals surface area contributed by atoms with E-state index in [1.807, 2.05) is 0 Å². The maximum Gasteiger partial charge on any atom is 0.224 e. The van der Waals surface area contributed by atoms with Crippen LogP contribution < -0.4 is 10.5 Å². The molecule has 0 unspecified atom stereocenters. The van der Waals surface area contributed by atoms with Crippen molar-refractivity contribution in [2.45, 2.75) is 6.92 Å². The number of pyridine rings is 1. The van der Waals surface area contributed by atoms with Crippen LogP contribution >= 0.6 is 0 Å². The third-order valence-corrected chi connectivity index (χ3v) is 1.71. The molecular formula is C9H13N3O3. The summed E-state index contributed by atoms with van der Waals surface area (Å²) < 4.78 is 5.16. The van der Waals surface area contributed by atoms with E-state index in [1.165, 1.54) is 0 Å². The molecule has 6 nitrogen and oxygen atoms in total. The first-order valence-electron chi connectivity index (χ1n) is 4.38. The number of hydrogen-bond acceptors (Lipinski definition) is 5. The van der Waals surface area contributed by atoms with Crippen LogP contribution in [0.1, 0.15) is 11.3 Å². The largest absolute Gasteiger partial charge is 0.475 e. The fraction of sp³-hybridized carbons (Fsp3) is 0.333. The highest BCUT2D eigenvalue weighted by Gasteiger charge is 2.09. The molecule has 1 rings (SSSR count). The van der Waals surface area contributed by atoms with E-state index in [1.54, 1.807) is 19.1 Å². The van der Waals surface area contributed by atoms with Gasteiger partial charge in [-0.2, -0.15) is 0 Å². The molecule has 0 fully saturated rings. The molecular weight excluding hydrogens is 198 g/mol. The molecule has 1 heterocycles. The van der Waals surface area contributed by atoms with Gasteiger partial charge in [-0.25, -0.2) is 4.98 Å². The van der Waals surface area contributed by atoms with Gasteiger partial charge in [0.1, 0.15) is 6.61 Å². The van der Waals surface area contributed by atoms with Gasteiger partial charge in [0.25, 0.3) is 0 Å². The monoisotopic (exact) mass is 211 g/mol. The van der Waals surface area contributed by atoms with Gasteiger partial charge in [-0.1, -0.05) is 5.16 Å². The van der Waals surface area contributed by atoms with E-state index in [9.17, 15) is 0 Å². The third kappa shape index (κ3) is 2.81. The average molecular weight is 211 g/mol. The second-order valence-corrected chi connectivity index (χ2v) is 2.86. The van der Waals surface area contributed by atoms with Crippen molar-refractivity contribution in [2.24, 2.45) is 10.9 Å². The molecule has 0 aromatic carbocycles. The van der Waals surface area contributed by atoms with Crippen LogP contribution in [0.4, 0.5) is 0 Å². The van der Waals surface area contributed by atoms with Gasteiger partial charge in [-0.15, -0.1) is 0 Å². The van der Waals surface area contributed by atoms with Gasteiger partial charge >= 0.3 is 0 Å². The minimum atomic E-state index is -0.120. The molecule has 0 aliphatic rings. The first-order valence-corrected chi connectivity index (χ1v) is 4.38. The predicted molar refractivity (Wildman–Crippen MR) is 54.1 cm³/mol. The van der Waals surface area contributed by atoms with Gasteiger partial charge in [0.05, 0.1) is 12.2 Å². The lowest BCUT2D eigenvalue weighted by Crippen LogP contribution is -2.16. The van der Waals surface area contributed by atoms with E-state index in [0.717, 1.165) is 5.69 Å². The molecule has 82 valence electrons. The summed E-state index contributed by atoms with van der Waals surface area (Å²) in [5.74, 6) is 0.176. The van der Waals surface area contributed by atoms with E-state index in [2.05, 4.69) is 10.1 Å². The second-order valence-electron chi connectivity index (χ2n) is 2.86. The summed E-state index contributed by atoms with van der Waals surface area (Å²) in [4.78, 5) is 4.07. The Morgan fingerprint density at radius 3 is 2.93 bits per heavy atom. The number of aryl methyl sites for hydroxylation is 1. The number of nitrogens with zero attached hydrogens (tertiary/aromatic N) is 2. The number of amidine groups is 1. The van der Waals surface area contributed by atoms with E-state index < -0.39 is 0 Å². The molecule has 0 aliphatic heterocycles. The van der Waals surface area contributed by atoms with Crippen molar-refractivity contribution in [3.8, 4) is 5.88 Å². The quantitative estimate of drug-likeness (QED) is 0.278. The van der Waals surface area contributed by atoms with Crippen LogP contribution in [0.5, 0.6) is 5.88 Å². The van der Waals surface area contributed by atoms with Gasteiger partial charge in [0, 0.05) is 5.69 Å². The van der Waals surface area contributed by atoms with E-state index in [-0.39, 0.29) is 24.9 Å². The zero-order valence-electron chi connectivity index (χ0n) is 8.34. The molecule has 0 saturated heterocycles. The lowest BCUT2D eigenvalue weighted by molar-refractivity contribution is 0.196. The standard InChI is InChI=1S/C9H13N3O3/c1-6-2-3-7(8(10)12-14)9(11-6)15-5-4-13/h2-3,13-14H,4-5H2,1H3,(H2,10,12). The minimum absolute atomic E-state index is 0.0737. The summed E-state index contributed by atoms with van der Waals surface area (Å²) in [5.41, 5.74) is 6.58. The topological polar surface area (TPSA) is 101 Å². The van der Waals surface area contributed by atoms with Crippen molar-refractivity contribution >= 4 is 5.84 Å². The molecule has 6 heteroatoms. The molecule has 0 atom stereocenters. The van der Waals surface area contributed by atoms with Crippen molar-refractivity contribution in [3.05, 3.63) is 23.4 Å². The molecule has 0 radical (unpaired) electrons. The SMILES string of the molecule is Cc1ccc(C(N)=NO)c(OCCO)n1. The minimum Gasteiger partial charge on any atom is -0.475 e. The molecule has 0 amide bonds. The van der Waals surface area contributed by atoms with Gasteiger partial charge in [-0.05, 0) is 19.1 Å². The van der Waals surface area contributed by atoms with Crippen LogP contribution in [-0.4, -0.2) is 34.3 Å². The van der Waals surface area contributed by atoms with Crippen LogP contribution in [0.25, 0.3) is 0 Å². The van der Waals surface area contributed by atoms with Crippen LogP contribution in [0, 0.1) is 6.92 Å². The zero-order valence-corrected chi connectivity index (χ0v) is 8.34. The number of nitrogens with two attached hydrogens (primary N) is 1. The van der Waals surface area contributed by atoms with Crippen LogP contribution in [0.3, 0.4) is 0 Å². The van der Waals surface area contributed by atoms with E-state index >= 15 is 0 Å². The summed E-state index contributed by atoms with van der Waals surface area (Å²) in [5, 5.41) is 20.0. The summed E-state index contributed by atoms with van der Waals surface area (Å²) in [6, 6.07) is 3.36. The van der Waals surface area contributed by atoms with Gasteiger partial charge in [0.2, 0.25) is 5.88 Å². The lowest BCUT2D eigenvalue weighted by atomic mass is 10.2. The maximum absolute atomic E-state index is 8.62. The van der Waals surface area contributed by atoms with Crippen LogP contribution in [0.15, 0.2) is 17.3 Å². The molecule has 1 aromatic heterocycles. The number of aliphatic hydroxyl groups is 1. The first-order chi connectivity index (χ1) is 7.19. The van der Waals surface area contributed by atoms with Gasteiger partial charge < -0.3 is 20.8 Å². The summed E-state index contributed by atoms with van der Waals surface area (Å²) in [6.07, 6.45) is 0. The Hall–Kier alpha value is -1.82. The Labute approximate surface area is 87.0 Å². The normalized spacial score (nSPS) is 11.5. The Bertz CT molecular complexity index is 366. The maximum atomic E-state index is 8.62. The first kappa shape index (κ1) is 11.3. The smallest absolute Gasteiger partial charge is 0.224 e. The van der Waals surface area contributed by atoms with E-state index in [4.69, 9.17) is 20.8 Å². The van der Waals surface area contributed by atoms with Gasteiger partial charge in [0.15, 0.2) is 5.84 Å². The lowest BCUT2D eigenvalue weighted by Gasteiger charge is -2.08. The number of ether oxygens (including phenoxy) is 1. The van der Waals surface area contributed by atoms with Gasteiger partial charge in [-0.3, -0.25) is 0 Å². The molecule has 0 bridgehead atoms. The molecule has 4 N–H and O–H groups in total. The molecule has 0 spiro atoms. The number of hydrogen-bond donors (Lipinski definition) is 3. The molecule has 0 saturated carbocycles. The molecule has 0 aliphatic carbocycles. The van der Waals surface area contributed by atoms with Crippen molar-refractivity contribution in [1.82, 2.24) is 4.98 Å². The van der Waals surface area contributed by atoms with Crippen molar-refractivity contribution in [3.63, 3.8) is 0 Å². The number of oxime groups is 1. The fourth-order valence-corrected chi connectivity index (χ4v) is 1.03. The van der Waals surface area contributed by atoms with Crippen LogP contribution in [-0.2, 0) is 0 Å². The Kier molecular flexibility index (Phi) is 3.87. The Balaban J connectivity index is 3.03. The highest BCUT2D eigenvalue weighted by molar-refractivity contribution is 5.99.